The van der Waals surface area contributed by atoms with E-state index >= 15 is 0 Å². The average molecular weight is 434 g/mol. The zero-order chi connectivity index (χ0) is 21.8. The van der Waals surface area contributed by atoms with Crippen LogP contribution in [-0.2, 0) is 9.59 Å². The molecule has 0 aromatic heterocycles. The molecule has 0 aromatic rings. The molecule has 0 bridgehead atoms. The van der Waals surface area contributed by atoms with E-state index in [0.29, 0.717) is 36.6 Å². The highest BCUT2D eigenvalue weighted by Gasteiger charge is 2.42. The first-order chi connectivity index (χ1) is 15.0. The van der Waals surface area contributed by atoms with Crippen molar-refractivity contribution in [1.29, 1.82) is 0 Å². The predicted octanol–water partition coefficient (Wildman–Crippen LogP) is 1.24. The number of carbonyl (C=O) groups excluding carboxylic acids is 2. The average Bonchev–Trinajstić information content (AvgIpc) is 3.23. The van der Waals surface area contributed by atoms with E-state index in [2.05, 4.69) is 35.1 Å². The quantitative estimate of drug-likeness (QED) is 0.506. The van der Waals surface area contributed by atoms with Crippen LogP contribution in [0.2, 0.25) is 0 Å². The Balaban J connectivity index is 1.37. The summed E-state index contributed by atoms with van der Waals surface area (Å²) in [4.78, 5) is 28.0. The molecule has 7 heteroatoms. The van der Waals surface area contributed by atoms with E-state index < -0.39 is 0 Å². The van der Waals surface area contributed by atoms with Crippen molar-refractivity contribution in [3.63, 3.8) is 0 Å². The van der Waals surface area contributed by atoms with E-state index in [1.165, 1.54) is 32.1 Å². The Morgan fingerprint density at radius 3 is 2.55 bits per heavy atom. The Hall–Kier alpha value is -1.18. The van der Waals surface area contributed by atoms with E-state index in [1.54, 1.807) is 0 Å². The Kier molecular flexibility index (Phi) is 7.88. The highest BCUT2D eigenvalue weighted by molar-refractivity contribution is 5.83. The molecule has 7 atom stereocenters. The number of nitrogens with one attached hydrogen (secondary N) is 4. The smallest absolute Gasteiger partial charge is 0.237 e. The number of fused-ring (bicyclic) bond motifs is 1. The van der Waals surface area contributed by atoms with Gasteiger partial charge in [-0.1, -0.05) is 20.3 Å². The molecule has 31 heavy (non-hydrogen) atoms. The lowest BCUT2D eigenvalue weighted by atomic mass is 9.78. The molecule has 0 spiro atoms. The van der Waals surface area contributed by atoms with Gasteiger partial charge in [-0.25, -0.2) is 0 Å². The van der Waals surface area contributed by atoms with Gasteiger partial charge in [0.25, 0.3) is 0 Å². The van der Waals surface area contributed by atoms with Crippen LogP contribution >= 0.6 is 0 Å². The van der Waals surface area contributed by atoms with Crippen LogP contribution in [0.3, 0.4) is 0 Å². The Morgan fingerprint density at radius 2 is 1.81 bits per heavy atom. The van der Waals surface area contributed by atoms with E-state index in [4.69, 9.17) is 0 Å². The topological polar surface area (TPSA) is 85.5 Å². The maximum absolute atomic E-state index is 13.3. The van der Waals surface area contributed by atoms with Crippen molar-refractivity contribution >= 4 is 11.8 Å². The third-order valence-corrected chi connectivity index (χ3v) is 8.33. The fourth-order valence-electron chi connectivity index (χ4n) is 6.46. The molecule has 2 amide bonds. The minimum atomic E-state index is -0.0826. The molecule has 1 saturated carbocycles. The van der Waals surface area contributed by atoms with E-state index in [-0.39, 0.29) is 29.9 Å². The molecular weight excluding hydrogens is 390 g/mol. The summed E-state index contributed by atoms with van der Waals surface area (Å²) >= 11 is 0. The highest BCUT2D eigenvalue weighted by atomic mass is 16.2. The van der Waals surface area contributed by atoms with Crippen LogP contribution in [0.5, 0.6) is 0 Å². The summed E-state index contributed by atoms with van der Waals surface area (Å²) in [5.41, 5.74) is 0. The summed E-state index contributed by atoms with van der Waals surface area (Å²) in [6, 6.07) is 0.664. The maximum Gasteiger partial charge on any atom is 0.237 e. The second-order valence-corrected chi connectivity index (χ2v) is 10.5. The van der Waals surface area contributed by atoms with Gasteiger partial charge in [-0.05, 0) is 62.8 Å². The number of piperazine rings is 1. The molecule has 3 heterocycles. The molecule has 4 rings (SSSR count). The van der Waals surface area contributed by atoms with Gasteiger partial charge < -0.3 is 26.2 Å². The van der Waals surface area contributed by atoms with Gasteiger partial charge in [0.05, 0.1) is 6.04 Å². The van der Waals surface area contributed by atoms with Gasteiger partial charge in [0, 0.05) is 50.7 Å². The van der Waals surface area contributed by atoms with Crippen LogP contribution in [0.1, 0.15) is 65.2 Å². The summed E-state index contributed by atoms with van der Waals surface area (Å²) in [5.74, 6) is 2.17. The first kappa shape index (κ1) is 23.0. The van der Waals surface area contributed by atoms with Crippen LogP contribution < -0.4 is 21.3 Å². The van der Waals surface area contributed by atoms with Crippen LogP contribution in [0.25, 0.3) is 0 Å². The SMILES string of the molecule is CC1CCCC2CC(C(=O)NC(CCC(=O)N3CCNCC3)C3NCCCC3C)NC12. The minimum Gasteiger partial charge on any atom is -0.350 e. The second kappa shape index (κ2) is 10.6. The number of hydrogen-bond donors (Lipinski definition) is 4. The van der Waals surface area contributed by atoms with Gasteiger partial charge >= 0.3 is 0 Å². The van der Waals surface area contributed by atoms with Crippen molar-refractivity contribution in [2.24, 2.45) is 17.8 Å². The van der Waals surface area contributed by atoms with Gasteiger partial charge in [0.15, 0.2) is 0 Å². The number of piperidine rings is 1. The summed E-state index contributed by atoms with van der Waals surface area (Å²) in [5, 5.41) is 14.0. The predicted molar refractivity (Wildman–Crippen MR) is 123 cm³/mol. The van der Waals surface area contributed by atoms with Gasteiger partial charge in [-0.15, -0.1) is 0 Å². The molecule has 3 aliphatic heterocycles. The van der Waals surface area contributed by atoms with Crippen LogP contribution in [0, 0.1) is 17.8 Å². The molecule has 4 aliphatic rings. The first-order valence-electron chi connectivity index (χ1n) is 12.8. The zero-order valence-corrected chi connectivity index (χ0v) is 19.5. The molecule has 7 nitrogen and oxygen atoms in total. The standard InChI is InChI=1S/C24H43N5O2/c1-16-5-3-7-18-15-20(27-22(16)18)24(31)28-19(23-17(2)6-4-10-26-23)8-9-21(30)29-13-11-25-12-14-29/h16-20,22-23,25-27H,3-15H2,1-2H3,(H,28,31). The molecule has 1 aliphatic carbocycles. The molecule has 0 aromatic carbocycles. The minimum absolute atomic E-state index is 0.0107. The lowest BCUT2D eigenvalue weighted by Crippen LogP contribution is -2.58. The number of amides is 2. The third kappa shape index (κ3) is 5.60. The van der Waals surface area contributed by atoms with Crippen molar-refractivity contribution in [3.05, 3.63) is 0 Å². The maximum atomic E-state index is 13.3. The summed E-state index contributed by atoms with van der Waals surface area (Å²) in [6.45, 7) is 8.93. The van der Waals surface area contributed by atoms with Gasteiger partial charge in [-0.2, -0.15) is 0 Å². The highest BCUT2D eigenvalue weighted by Crippen LogP contribution is 2.36. The van der Waals surface area contributed by atoms with Crippen molar-refractivity contribution in [3.8, 4) is 0 Å². The molecule has 7 unspecified atom stereocenters. The summed E-state index contributed by atoms with van der Waals surface area (Å²) < 4.78 is 0. The lowest BCUT2D eigenvalue weighted by molar-refractivity contribution is -0.132. The number of carbonyl (C=O) groups is 2. The largest absolute Gasteiger partial charge is 0.350 e. The summed E-state index contributed by atoms with van der Waals surface area (Å²) in [6.07, 6.45) is 8.35. The van der Waals surface area contributed by atoms with Crippen molar-refractivity contribution in [2.45, 2.75) is 89.4 Å². The van der Waals surface area contributed by atoms with Crippen molar-refractivity contribution < 1.29 is 9.59 Å². The fraction of sp³-hybridized carbons (Fsp3) is 0.917. The van der Waals surface area contributed by atoms with E-state index in [9.17, 15) is 9.59 Å². The van der Waals surface area contributed by atoms with E-state index in [1.807, 2.05) is 4.90 Å². The molecule has 0 radical (unpaired) electrons. The fourth-order valence-corrected chi connectivity index (χ4v) is 6.46. The lowest BCUT2D eigenvalue weighted by Gasteiger charge is -2.37. The molecule has 4 fully saturated rings. The first-order valence-corrected chi connectivity index (χ1v) is 12.8. The Bertz CT molecular complexity index is 623. The Morgan fingerprint density at radius 1 is 1.03 bits per heavy atom. The van der Waals surface area contributed by atoms with E-state index in [0.717, 1.165) is 39.1 Å². The van der Waals surface area contributed by atoms with Gasteiger partial charge in [0.1, 0.15) is 0 Å². The second-order valence-electron chi connectivity index (χ2n) is 10.5. The number of hydrogen-bond acceptors (Lipinski definition) is 5. The van der Waals surface area contributed by atoms with Crippen LogP contribution in [0.4, 0.5) is 0 Å². The van der Waals surface area contributed by atoms with Crippen molar-refractivity contribution in [2.75, 3.05) is 32.7 Å². The molecule has 3 saturated heterocycles. The van der Waals surface area contributed by atoms with Crippen LogP contribution in [-0.4, -0.2) is 73.6 Å². The normalized spacial score (nSPS) is 37.2. The molecular formula is C24H43N5O2. The van der Waals surface area contributed by atoms with Gasteiger partial charge in [-0.3, -0.25) is 9.59 Å². The van der Waals surface area contributed by atoms with Crippen molar-refractivity contribution in [1.82, 2.24) is 26.2 Å². The zero-order valence-electron chi connectivity index (χ0n) is 19.5. The number of rotatable bonds is 6. The Labute approximate surface area is 187 Å². The van der Waals surface area contributed by atoms with Gasteiger partial charge in [0.2, 0.25) is 11.8 Å². The summed E-state index contributed by atoms with van der Waals surface area (Å²) in [7, 11) is 0. The number of nitrogens with zero attached hydrogens (tertiary/aromatic N) is 1. The molecule has 4 N–H and O–H groups in total. The van der Waals surface area contributed by atoms with Crippen LogP contribution in [0.15, 0.2) is 0 Å². The molecule has 176 valence electrons. The third-order valence-electron chi connectivity index (χ3n) is 8.33. The monoisotopic (exact) mass is 433 g/mol.